The SMILES string of the molecule is COCCC1(C(=O)N2CCOC(CN(C)CC(=O)O)C2)CCC1. The summed E-state index contributed by atoms with van der Waals surface area (Å²) in [7, 11) is 3.42. The molecule has 2 fully saturated rings. The van der Waals surface area contributed by atoms with E-state index in [1.807, 2.05) is 4.90 Å². The lowest BCUT2D eigenvalue weighted by molar-refractivity contribution is -0.157. The minimum Gasteiger partial charge on any atom is -0.480 e. The van der Waals surface area contributed by atoms with Crippen molar-refractivity contribution in [1.29, 1.82) is 0 Å². The zero-order chi connectivity index (χ0) is 16.9. The molecule has 0 aromatic rings. The van der Waals surface area contributed by atoms with Gasteiger partial charge in [0.05, 0.1) is 24.7 Å². The summed E-state index contributed by atoms with van der Waals surface area (Å²) < 4.78 is 10.9. The fraction of sp³-hybridized carbons (Fsp3) is 0.875. The number of aliphatic carboxylic acids is 1. The Balaban J connectivity index is 1.89. The monoisotopic (exact) mass is 328 g/mol. The zero-order valence-electron chi connectivity index (χ0n) is 14.1. The second kappa shape index (κ2) is 8.08. The second-order valence-electron chi connectivity index (χ2n) is 6.71. The van der Waals surface area contributed by atoms with E-state index in [1.54, 1.807) is 19.1 Å². The van der Waals surface area contributed by atoms with Gasteiger partial charge in [-0.3, -0.25) is 14.5 Å². The summed E-state index contributed by atoms with van der Waals surface area (Å²) in [5, 5.41) is 8.82. The average molecular weight is 328 g/mol. The summed E-state index contributed by atoms with van der Waals surface area (Å²) in [6, 6.07) is 0. The van der Waals surface area contributed by atoms with E-state index in [1.165, 1.54) is 0 Å². The number of methoxy groups -OCH3 is 1. The van der Waals surface area contributed by atoms with Crippen molar-refractivity contribution in [2.75, 3.05) is 53.6 Å². The number of morpholine rings is 1. The Bertz CT molecular complexity index is 425. The molecular formula is C16H28N2O5. The van der Waals surface area contributed by atoms with Gasteiger partial charge in [-0.15, -0.1) is 0 Å². The van der Waals surface area contributed by atoms with Gasteiger partial charge in [0.1, 0.15) is 0 Å². The number of carboxylic acids is 1. The fourth-order valence-electron chi connectivity index (χ4n) is 3.46. The van der Waals surface area contributed by atoms with E-state index in [0.717, 1.165) is 25.7 Å². The van der Waals surface area contributed by atoms with Crippen LogP contribution in [-0.4, -0.2) is 86.4 Å². The molecule has 1 aliphatic heterocycles. The molecule has 0 spiro atoms. The predicted molar refractivity (Wildman–Crippen MR) is 84.2 cm³/mol. The summed E-state index contributed by atoms with van der Waals surface area (Å²) in [6.07, 6.45) is 3.64. The number of carbonyl (C=O) groups is 2. The number of ether oxygens (including phenoxy) is 2. The van der Waals surface area contributed by atoms with Crippen LogP contribution in [0.15, 0.2) is 0 Å². The molecule has 7 nitrogen and oxygen atoms in total. The molecule has 1 aliphatic carbocycles. The maximum absolute atomic E-state index is 12.9. The standard InChI is InChI=1S/C16H28N2O5/c1-17(12-14(19)20)10-13-11-18(7-9-23-13)15(21)16(4-3-5-16)6-8-22-2/h13H,3-12H2,1-2H3,(H,19,20). The van der Waals surface area contributed by atoms with Gasteiger partial charge >= 0.3 is 5.97 Å². The second-order valence-corrected chi connectivity index (χ2v) is 6.71. The number of amides is 1. The summed E-state index contributed by atoms with van der Waals surface area (Å²) in [5.74, 6) is -0.640. The molecule has 1 unspecified atom stereocenters. The van der Waals surface area contributed by atoms with E-state index in [2.05, 4.69) is 0 Å². The average Bonchev–Trinajstić information content (AvgIpc) is 2.45. The van der Waals surface area contributed by atoms with E-state index in [0.29, 0.717) is 32.8 Å². The Morgan fingerprint density at radius 2 is 2.17 bits per heavy atom. The number of likely N-dealkylation sites (N-methyl/N-ethyl adjacent to an activating group) is 1. The van der Waals surface area contributed by atoms with Crippen molar-refractivity contribution in [3.8, 4) is 0 Å². The molecule has 1 saturated carbocycles. The van der Waals surface area contributed by atoms with Crippen molar-refractivity contribution in [3.05, 3.63) is 0 Å². The first-order valence-corrected chi connectivity index (χ1v) is 8.27. The van der Waals surface area contributed by atoms with Crippen LogP contribution in [0.2, 0.25) is 0 Å². The van der Waals surface area contributed by atoms with Crippen molar-refractivity contribution in [2.24, 2.45) is 5.41 Å². The Hall–Kier alpha value is -1.18. The van der Waals surface area contributed by atoms with Crippen LogP contribution in [-0.2, 0) is 19.1 Å². The number of rotatable bonds is 8. The number of hydrogen-bond acceptors (Lipinski definition) is 5. The van der Waals surface area contributed by atoms with E-state index >= 15 is 0 Å². The van der Waals surface area contributed by atoms with Crippen molar-refractivity contribution in [2.45, 2.75) is 31.8 Å². The fourth-order valence-corrected chi connectivity index (χ4v) is 3.46. The summed E-state index contributed by atoms with van der Waals surface area (Å²) in [6.45, 7) is 2.77. The Morgan fingerprint density at radius 3 is 2.74 bits per heavy atom. The lowest BCUT2D eigenvalue weighted by atomic mass is 9.65. The molecule has 2 aliphatic rings. The molecule has 0 radical (unpaired) electrons. The summed E-state index contributed by atoms with van der Waals surface area (Å²) in [5.41, 5.74) is -0.245. The van der Waals surface area contributed by atoms with Gasteiger partial charge in [0, 0.05) is 33.4 Å². The van der Waals surface area contributed by atoms with Gasteiger partial charge in [0.15, 0.2) is 0 Å². The topological polar surface area (TPSA) is 79.3 Å². The molecule has 23 heavy (non-hydrogen) atoms. The maximum Gasteiger partial charge on any atom is 0.317 e. The third kappa shape index (κ3) is 4.65. The third-order valence-electron chi connectivity index (χ3n) is 4.90. The first kappa shape index (κ1) is 18.2. The molecule has 0 aromatic carbocycles. The first-order chi connectivity index (χ1) is 11.0. The number of carboxylic acid groups (broad SMARTS) is 1. The molecular weight excluding hydrogens is 300 g/mol. The molecule has 2 rings (SSSR count). The van der Waals surface area contributed by atoms with E-state index in [9.17, 15) is 9.59 Å². The number of nitrogens with zero attached hydrogens (tertiary/aromatic N) is 2. The van der Waals surface area contributed by atoms with Crippen molar-refractivity contribution in [1.82, 2.24) is 9.80 Å². The minimum atomic E-state index is -0.857. The van der Waals surface area contributed by atoms with E-state index in [4.69, 9.17) is 14.6 Å². The van der Waals surface area contributed by atoms with E-state index in [-0.39, 0.29) is 24.0 Å². The smallest absolute Gasteiger partial charge is 0.317 e. The predicted octanol–water partition coefficient (Wildman–Crippen LogP) is 0.437. The van der Waals surface area contributed by atoms with Gasteiger partial charge in [-0.05, 0) is 26.3 Å². The summed E-state index contributed by atoms with van der Waals surface area (Å²) >= 11 is 0. The van der Waals surface area contributed by atoms with Gasteiger partial charge in [-0.1, -0.05) is 6.42 Å². The van der Waals surface area contributed by atoms with Crippen molar-refractivity contribution >= 4 is 11.9 Å². The number of carbonyl (C=O) groups excluding carboxylic acids is 1. The number of hydrogen-bond donors (Lipinski definition) is 1. The van der Waals surface area contributed by atoms with Crippen LogP contribution in [0.1, 0.15) is 25.7 Å². The quantitative estimate of drug-likeness (QED) is 0.696. The van der Waals surface area contributed by atoms with Crippen LogP contribution in [0.25, 0.3) is 0 Å². The molecule has 1 heterocycles. The third-order valence-corrected chi connectivity index (χ3v) is 4.90. The van der Waals surface area contributed by atoms with Gasteiger partial charge in [-0.25, -0.2) is 0 Å². The molecule has 1 saturated heterocycles. The van der Waals surface area contributed by atoms with Crippen LogP contribution in [0.4, 0.5) is 0 Å². The molecule has 0 bridgehead atoms. The van der Waals surface area contributed by atoms with Gasteiger partial charge < -0.3 is 19.5 Å². The van der Waals surface area contributed by atoms with Crippen LogP contribution < -0.4 is 0 Å². The largest absolute Gasteiger partial charge is 0.480 e. The van der Waals surface area contributed by atoms with Crippen LogP contribution in [0.5, 0.6) is 0 Å². The molecule has 1 atom stereocenters. The molecule has 7 heteroatoms. The molecule has 1 amide bonds. The minimum absolute atomic E-state index is 0.0222. The first-order valence-electron chi connectivity index (χ1n) is 8.27. The van der Waals surface area contributed by atoms with Crippen molar-refractivity contribution < 1.29 is 24.2 Å². The Labute approximate surface area is 137 Å². The Morgan fingerprint density at radius 1 is 1.43 bits per heavy atom. The zero-order valence-corrected chi connectivity index (χ0v) is 14.1. The highest BCUT2D eigenvalue weighted by molar-refractivity contribution is 5.83. The molecule has 132 valence electrons. The van der Waals surface area contributed by atoms with Gasteiger partial charge in [0.25, 0.3) is 0 Å². The van der Waals surface area contributed by atoms with Crippen molar-refractivity contribution in [3.63, 3.8) is 0 Å². The van der Waals surface area contributed by atoms with Crippen LogP contribution in [0.3, 0.4) is 0 Å². The lowest BCUT2D eigenvalue weighted by Gasteiger charge is -2.45. The van der Waals surface area contributed by atoms with Crippen LogP contribution in [0, 0.1) is 5.41 Å². The summed E-state index contributed by atoms with van der Waals surface area (Å²) in [4.78, 5) is 27.3. The van der Waals surface area contributed by atoms with Crippen LogP contribution >= 0.6 is 0 Å². The lowest BCUT2D eigenvalue weighted by Crippen LogP contribution is -2.55. The molecule has 1 N–H and O–H groups in total. The molecule has 0 aromatic heterocycles. The Kier molecular flexibility index (Phi) is 6.38. The maximum atomic E-state index is 12.9. The van der Waals surface area contributed by atoms with Gasteiger partial charge in [-0.2, -0.15) is 0 Å². The highest BCUT2D eigenvalue weighted by Crippen LogP contribution is 2.45. The normalized spacial score (nSPS) is 23.6. The highest BCUT2D eigenvalue weighted by Gasteiger charge is 2.46. The van der Waals surface area contributed by atoms with E-state index < -0.39 is 5.97 Å². The highest BCUT2D eigenvalue weighted by atomic mass is 16.5. The van der Waals surface area contributed by atoms with Gasteiger partial charge in [0.2, 0.25) is 5.91 Å².